The smallest absolute Gasteiger partial charge is 0.232 e. The van der Waals surface area contributed by atoms with Gasteiger partial charge >= 0.3 is 0 Å². The minimum absolute atomic E-state index is 0.489. The van der Waals surface area contributed by atoms with Crippen LogP contribution in [0.2, 0.25) is 0 Å². The maximum atomic E-state index is 5.53. The van der Waals surface area contributed by atoms with Crippen LogP contribution < -0.4 is 25.2 Å². The van der Waals surface area contributed by atoms with E-state index in [4.69, 9.17) is 26.9 Å². The van der Waals surface area contributed by atoms with Gasteiger partial charge in [-0.15, -0.1) is 0 Å². The number of anilines is 3. The lowest BCUT2D eigenvalue weighted by Gasteiger charge is -2.35. The molecule has 2 fully saturated rings. The second-order valence-electron chi connectivity index (χ2n) is 8.30. The van der Waals surface area contributed by atoms with Gasteiger partial charge in [0.15, 0.2) is 5.11 Å². The predicted octanol–water partition coefficient (Wildman–Crippen LogP) is 3.95. The lowest BCUT2D eigenvalue weighted by Crippen LogP contribution is -2.38. The molecule has 0 spiro atoms. The van der Waals surface area contributed by atoms with Crippen molar-refractivity contribution in [2.45, 2.75) is 51.6 Å². The van der Waals surface area contributed by atoms with Crippen molar-refractivity contribution >= 4 is 34.9 Å². The molecule has 166 valence electrons. The summed E-state index contributed by atoms with van der Waals surface area (Å²) in [6.07, 6.45) is 6.12. The van der Waals surface area contributed by atoms with E-state index in [2.05, 4.69) is 33.4 Å². The van der Waals surface area contributed by atoms with E-state index in [9.17, 15) is 0 Å². The van der Waals surface area contributed by atoms with Crippen LogP contribution in [-0.4, -0.2) is 47.9 Å². The van der Waals surface area contributed by atoms with Crippen molar-refractivity contribution in [1.82, 2.24) is 15.3 Å². The quantitative estimate of drug-likeness (QED) is 0.655. The maximum Gasteiger partial charge on any atom is 0.232 e. The summed E-state index contributed by atoms with van der Waals surface area (Å²) < 4.78 is 5.21. The first-order valence-electron chi connectivity index (χ1n) is 11.2. The van der Waals surface area contributed by atoms with Crippen LogP contribution in [0.5, 0.6) is 5.75 Å². The van der Waals surface area contributed by atoms with E-state index in [1.165, 1.54) is 32.1 Å². The zero-order valence-corrected chi connectivity index (χ0v) is 19.2. The van der Waals surface area contributed by atoms with Crippen molar-refractivity contribution in [3.05, 3.63) is 35.9 Å². The minimum atomic E-state index is 0.489. The standard InChI is InChI=1S/C23H32N6OS/c1-17-7-3-4-14-29(17)21-15-20(28-12-5-6-13-28)25-22(26-21)27-23(31)24-16-18-8-10-19(30-2)11-9-18/h8-11,15,17H,3-7,12-14,16H2,1-2H3,(H2,24,25,26,27,31)/t17-/m0/s1. The zero-order chi connectivity index (χ0) is 21.6. The largest absolute Gasteiger partial charge is 0.497 e. The third-order valence-corrected chi connectivity index (χ3v) is 6.31. The van der Waals surface area contributed by atoms with Gasteiger partial charge in [-0.1, -0.05) is 12.1 Å². The van der Waals surface area contributed by atoms with Crippen LogP contribution in [-0.2, 0) is 6.54 Å². The molecule has 2 N–H and O–H groups in total. The molecule has 8 heteroatoms. The SMILES string of the molecule is COc1ccc(CNC(=S)Nc2nc(N3CCCC3)cc(N3CCCC[C@@H]3C)n2)cc1. The molecule has 2 saturated heterocycles. The summed E-state index contributed by atoms with van der Waals surface area (Å²) in [5, 5.41) is 6.99. The topological polar surface area (TPSA) is 65.6 Å². The van der Waals surface area contributed by atoms with Gasteiger partial charge in [0.05, 0.1) is 7.11 Å². The van der Waals surface area contributed by atoms with Gasteiger partial charge in [-0.2, -0.15) is 9.97 Å². The van der Waals surface area contributed by atoms with Crippen LogP contribution in [0.3, 0.4) is 0 Å². The Kier molecular flexibility index (Phi) is 7.06. The van der Waals surface area contributed by atoms with E-state index >= 15 is 0 Å². The van der Waals surface area contributed by atoms with Crippen molar-refractivity contribution in [3.8, 4) is 5.75 Å². The highest BCUT2D eigenvalue weighted by Gasteiger charge is 2.23. The Labute approximate surface area is 190 Å². The average molecular weight is 441 g/mol. The predicted molar refractivity (Wildman–Crippen MR) is 130 cm³/mol. The Balaban J connectivity index is 1.47. The number of methoxy groups -OCH3 is 1. The first-order valence-corrected chi connectivity index (χ1v) is 11.6. The highest BCUT2D eigenvalue weighted by Crippen LogP contribution is 2.28. The Morgan fingerprint density at radius 3 is 2.48 bits per heavy atom. The van der Waals surface area contributed by atoms with Gasteiger partial charge in [0.2, 0.25) is 5.95 Å². The van der Waals surface area contributed by atoms with Crippen LogP contribution in [0.25, 0.3) is 0 Å². The van der Waals surface area contributed by atoms with E-state index in [0.717, 1.165) is 42.6 Å². The first-order chi connectivity index (χ1) is 15.1. The highest BCUT2D eigenvalue weighted by atomic mass is 32.1. The van der Waals surface area contributed by atoms with Crippen LogP contribution in [0, 0.1) is 0 Å². The van der Waals surface area contributed by atoms with Gasteiger partial charge in [-0.05, 0) is 68.9 Å². The number of benzene rings is 1. The number of hydrogen-bond acceptors (Lipinski definition) is 6. The molecule has 1 aromatic heterocycles. The van der Waals surface area contributed by atoms with Crippen molar-refractivity contribution in [2.24, 2.45) is 0 Å². The van der Waals surface area contributed by atoms with E-state index in [1.807, 2.05) is 24.3 Å². The molecule has 1 atom stereocenters. The van der Waals surface area contributed by atoms with Crippen molar-refractivity contribution < 1.29 is 4.74 Å². The number of ether oxygens (including phenoxy) is 1. The molecule has 3 heterocycles. The van der Waals surface area contributed by atoms with Crippen LogP contribution in [0.4, 0.5) is 17.6 Å². The molecule has 2 aromatic rings. The summed E-state index contributed by atoms with van der Waals surface area (Å²) in [7, 11) is 1.67. The third kappa shape index (κ3) is 5.55. The minimum Gasteiger partial charge on any atom is -0.497 e. The van der Waals surface area contributed by atoms with Crippen LogP contribution >= 0.6 is 12.2 Å². The number of piperidine rings is 1. The lowest BCUT2D eigenvalue weighted by molar-refractivity contribution is 0.414. The maximum absolute atomic E-state index is 5.53. The molecular weight excluding hydrogens is 408 g/mol. The average Bonchev–Trinajstić information content (AvgIpc) is 3.33. The number of nitrogens with zero attached hydrogens (tertiary/aromatic N) is 4. The Hall–Kier alpha value is -2.61. The molecule has 0 bridgehead atoms. The summed E-state index contributed by atoms with van der Waals surface area (Å²) in [6.45, 7) is 6.04. The van der Waals surface area contributed by atoms with Crippen molar-refractivity contribution in [2.75, 3.05) is 41.9 Å². The molecule has 0 unspecified atom stereocenters. The second kappa shape index (κ2) is 10.1. The molecule has 1 aromatic carbocycles. The van der Waals surface area contributed by atoms with Crippen molar-refractivity contribution in [1.29, 1.82) is 0 Å². The highest BCUT2D eigenvalue weighted by molar-refractivity contribution is 7.80. The van der Waals surface area contributed by atoms with Gasteiger partial charge < -0.3 is 25.2 Å². The Bertz CT molecular complexity index is 884. The number of aromatic nitrogens is 2. The van der Waals surface area contributed by atoms with Gasteiger partial charge in [0.25, 0.3) is 0 Å². The molecule has 31 heavy (non-hydrogen) atoms. The first kappa shape index (κ1) is 21.6. The normalized spacial score (nSPS) is 18.7. The Morgan fingerprint density at radius 2 is 1.77 bits per heavy atom. The molecule has 0 aliphatic carbocycles. The Morgan fingerprint density at radius 1 is 1.06 bits per heavy atom. The van der Waals surface area contributed by atoms with Gasteiger partial charge in [0, 0.05) is 38.3 Å². The molecular formula is C23H32N6OS. The monoisotopic (exact) mass is 440 g/mol. The van der Waals surface area contributed by atoms with Gasteiger partial charge in [0.1, 0.15) is 17.4 Å². The summed E-state index contributed by atoms with van der Waals surface area (Å²) >= 11 is 5.53. The number of hydrogen-bond donors (Lipinski definition) is 2. The fourth-order valence-electron chi connectivity index (χ4n) is 4.24. The molecule has 2 aliphatic rings. The summed E-state index contributed by atoms with van der Waals surface area (Å²) in [5.41, 5.74) is 1.12. The van der Waals surface area contributed by atoms with E-state index in [1.54, 1.807) is 7.11 Å². The van der Waals surface area contributed by atoms with E-state index in [0.29, 0.717) is 23.6 Å². The van der Waals surface area contributed by atoms with E-state index in [-0.39, 0.29) is 0 Å². The fourth-order valence-corrected chi connectivity index (χ4v) is 4.41. The molecule has 2 aliphatic heterocycles. The molecule has 0 amide bonds. The van der Waals surface area contributed by atoms with Crippen LogP contribution in [0.15, 0.2) is 30.3 Å². The number of thiocarbonyl (C=S) groups is 1. The van der Waals surface area contributed by atoms with Gasteiger partial charge in [-0.3, -0.25) is 0 Å². The van der Waals surface area contributed by atoms with Crippen LogP contribution in [0.1, 0.15) is 44.6 Å². The van der Waals surface area contributed by atoms with Crippen molar-refractivity contribution in [3.63, 3.8) is 0 Å². The zero-order valence-electron chi connectivity index (χ0n) is 18.4. The molecule has 4 rings (SSSR count). The lowest BCUT2D eigenvalue weighted by atomic mass is 10.0. The summed E-state index contributed by atoms with van der Waals surface area (Å²) in [4.78, 5) is 14.4. The summed E-state index contributed by atoms with van der Waals surface area (Å²) in [6, 6.07) is 10.6. The summed E-state index contributed by atoms with van der Waals surface area (Å²) in [5.74, 6) is 3.38. The van der Waals surface area contributed by atoms with E-state index < -0.39 is 0 Å². The van der Waals surface area contributed by atoms with Gasteiger partial charge in [-0.25, -0.2) is 0 Å². The number of nitrogens with one attached hydrogen (secondary N) is 2. The second-order valence-corrected chi connectivity index (χ2v) is 8.70. The molecule has 7 nitrogen and oxygen atoms in total. The molecule has 0 saturated carbocycles. The fraction of sp³-hybridized carbons (Fsp3) is 0.522. The third-order valence-electron chi connectivity index (χ3n) is 6.06. The molecule has 0 radical (unpaired) electrons. The number of rotatable bonds is 6.